The van der Waals surface area contributed by atoms with Crippen molar-refractivity contribution < 1.29 is 18.4 Å². The molecular weight excluding hydrogens is 350 g/mol. The van der Waals surface area contributed by atoms with Crippen molar-refractivity contribution in [1.82, 2.24) is 9.80 Å². The predicted octanol–water partition coefficient (Wildman–Crippen LogP) is 3.22. The number of hydrogen-bond acceptors (Lipinski definition) is 2. The zero-order valence-electron chi connectivity index (χ0n) is 13.2. The second kappa shape index (κ2) is 7.19. The number of carbonyl (C=O) groups excluding carboxylic acids is 2. The number of halogens is 3. The summed E-state index contributed by atoms with van der Waals surface area (Å²) in [6.45, 7) is 1.37. The Balaban J connectivity index is 1.64. The second-order valence-corrected chi connectivity index (χ2v) is 6.16. The lowest BCUT2D eigenvalue weighted by molar-refractivity contribution is 0.0535. The highest BCUT2D eigenvalue weighted by Crippen LogP contribution is 2.16. The molecule has 0 unspecified atom stereocenters. The smallest absolute Gasteiger partial charge is 0.254 e. The van der Waals surface area contributed by atoms with Gasteiger partial charge in [-0.25, -0.2) is 8.78 Å². The molecule has 0 atom stereocenters. The minimum atomic E-state index is -1.05. The fourth-order valence-corrected chi connectivity index (χ4v) is 2.92. The van der Waals surface area contributed by atoms with Crippen LogP contribution in [0, 0.1) is 11.6 Å². The van der Waals surface area contributed by atoms with E-state index in [0.29, 0.717) is 36.8 Å². The number of hydrogen-bond donors (Lipinski definition) is 0. The molecule has 1 heterocycles. The first-order valence-corrected chi connectivity index (χ1v) is 8.12. The van der Waals surface area contributed by atoms with Gasteiger partial charge in [0, 0.05) is 42.3 Å². The van der Waals surface area contributed by atoms with E-state index in [0.717, 1.165) is 12.1 Å². The Morgan fingerprint density at radius 2 is 1.36 bits per heavy atom. The van der Waals surface area contributed by atoms with Crippen LogP contribution in [0.3, 0.4) is 0 Å². The van der Waals surface area contributed by atoms with Gasteiger partial charge in [0.1, 0.15) is 0 Å². The number of nitrogens with zero attached hydrogens (tertiary/aromatic N) is 2. The van der Waals surface area contributed by atoms with Crippen molar-refractivity contribution >= 4 is 23.4 Å². The normalized spacial score (nSPS) is 14.5. The summed E-state index contributed by atoms with van der Waals surface area (Å²) in [5, 5.41) is 0.484. The SMILES string of the molecule is O=C(c1cccc(Cl)c1)N1CCN(C(=O)c2ccc(F)c(F)c2)CC1. The summed E-state index contributed by atoms with van der Waals surface area (Å²) in [6, 6.07) is 9.76. The van der Waals surface area contributed by atoms with Gasteiger partial charge in [-0.05, 0) is 36.4 Å². The minimum absolute atomic E-state index is 0.0912. The monoisotopic (exact) mass is 364 g/mol. The standard InChI is InChI=1S/C18H15ClF2N2O2/c19-14-3-1-2-12(10-14)17(24)22-6-8-23(9-7-22)18(25)13-4-5-15(20)16(21)11-13/h1-5,10-11H,6-9H2. The maximum Gasteiger partial charge on any atom is 0.254 e. The van der Waals surface area contributed by atoms with Crippen molar-refractivity contribution in [2.75, 3.05) is 26.2 Å². The topological polar surface area (TPSA) is 40.6 Å². The Bertz CT molecular complexity index is 820. The lowest BCUT2D eigenvalue weighted by Gasteiger charge is -2.35. The van der Waals surface area contributed by atoms with E-state index in [1.807, 2.05) is 0 Å². The molecule has 2 aromatic rings. The summed E-state index contributed by atoms with van der Waals surface area (Å²) in [7, 11) is 0. The predicted molar refractivity (Wildman–Crippen MR) is 89.6 cm³/mol. The van der Waals surface area contributed by atoms with Gasteiger partial charge in [0.25, 0.3) is 11.8 Å². The molecule has 1 fully saturated rings. The first kappa shape index (κ1) is 17.4. The first-order chi connectivity index (χ1) is 12.0. The van der Waals surface area contributed by atoms with Gasteiger partial charge in [-0.3, -0.25) is 9.59 Å². The van der Waals surface area contributed by atoms with E-state index in [-0.39, 0.29) is 17.4 Å². The van der Waals surface area contributed by atoms with Crippen molar-refractivity contribution in [2.24, 2.45) is 0 Å². The van der Waals surface area contributed by atoms with E-state index >= 15 is 0 Å². The van der Waals surface area contributed by atoms with Gasteiger partial charge in [-0.15, -0.1) is 0 Å². The van der Waals surface area contributed by atoms with E-state index in [4.69, 9.17) is 11.6 Å². The van der Waals surface area contributed by atoms with Gasteiger partial charge in [-0.1, -0.05) is 17.7 Å². The molecule has 0 N–H and O–H groups in total. The zero-order valence-corrected chi connectivity index (χ0v) is 14.0. The molecule has 2 amide bonds. The maximum absolute atomic E-state index is 13.3. The fraction of sp³-hybridized carbons (Fsp3) is 0.222. The van der Waals surface area contributed by atoms with Crippen LogP contribution in [0.2, 0.25) is 5.02 Å². The van der Waals surface area contributed by atoms with Crippen molar-refractivity contribution in [3.8, 4) is 0 Å². The van der Waals surface area contributed by atoms with Crippen LogP contribution in [0.25, 0.3) is 0 Å². The maximum atomic E-state index is 13.3. The number of benzene rings is 2. The lowest BCUT2D eigenvalue weighted by atomic mass is 10.1. The molecule has 4 nitrogen and oxygen atoms in total. The molecule has 0 bridgehead atoms. The molecule has 0 spiro atoms. The van der Waals surface area contributed by atoms with Crippen LogP contribution in [0.15, 0.2) is 42.5 Å². The molecule has 0 radical (unpaired) electrons. The van der Waals surface area contributed by atoms with E-state index in [9.17, 15) is 18.4 Å². The highest BCUT2D eigenvalue weighted by atomic mass is 35.5. The van der Waals surface area contributed by atoms with Gasteiger partial charge in [0.2, 0.25) is 0 Å². The molecule has 0 saturated carbocycles. The Hall–Kier alpha value is -2.47. The van der Waals surface area contributed by atoms with Crippen molar-refractivity contribution in [3.05, 3.63) is 70.2 Å². The van der Waals surface area contributed by atoms with Gasteiger partial charge in [-0.2, -0.15) is 0 Å². The summed E-state index contributed by atoms with van der Waals surface area (Å²) < 4.78 is 26.3. The Kier molecular flexibility index (Phi) is 4.99. The first-order valence-electron chi connectivity index (χ1n) is 7.75. The molecule has 0 aromatic heterocycles. The summed E-state index contributed by atoms with van der Waals surface area (Å²) >= 11 is 5.90. The van der Waals surface area contributed by atoms with Crippen molar-refractivity contribution in [3.63, 3.8) is 0 Å². The van der Waals surface area contributed by atoms with Gasteiger partial charge >= 0.3 is 0 Å². The van der Waals surface area contributed by atoms with Crippen LogP contribution in [-0.2, 0) is 0 Å². The van der Waals surface area contributed by atoms with Gasteiger partial charge in [0.05, 0.1) is 0 Å². The zero-order chi connectivity index (χ0) is 18.0. The van der Waals surface area contributed by atoms with Crippen LogP contribution in [0.1, 0.15) is 20.7 Å². The Morgan fingerprint density at radius 3 is 1.88 bits per heavy atom. The highest BCUT2D eigenvalue weighted by molar-refractivity contribution is 6.30. The molecule has 1 aliphatic rings. The third kappa shape index (κ3) is 3.79. The Morgan fingerprint density at radius 1 is 0.800 bits per heavy atom. The average Bonchev–Trinajstić information content (AvgIpc) is 2.63. The molecule has 1 saturated heterocycles. The summed E-state index contributed by atoms with van der Waals surface area (Å²) in [5.74, 6) is -2.58. The van der Waals surface area contributed by atoms with E-state index in [2.05, 4.69) is 0 Å². The van der Waals surface area contributed by atoms with Crippen LogP contribution in [-0.4, -0.2) is 47.8 Å². The lowest BCUT2D eigenvalue weighted by Crippen LogP contribution is -2.50. The molecule has 1 aliphatic heterocycles. The summed E-state index contributed by atoms with van der Waals surface area (Å²) in [4.78, 5) is 28.0. The van der Waals surface area contributed by atoms with E-state index < -0.39 is 11.6 Å². The third-order valence-corrected chi connectivity index (χ3v) is 4.33. The molecule has 3 rings (SSSR count). The van der Waals surface area contributed by atoms with Gasteiger partial charge < -0.3 is 9.80 Å². The number of piperazine rings is 1. The average molecular weight is 365 g/mol. The molecule has 25 heavy (non-hydrogen) atoms. The van der Waals surface area contributed by atoms with Crippen LogP contribution >= 0.6 is 11.6 Å². The van der Waals surface area contributed by atoms with Crippen molar-refractivity contribution in [1.29, 1.82) is 0 Å². The number of rotatable bonds is 2. The van der Waals surface area contributed by atoms with Crippen LogP contribution in [0.4, 0.5) is 8.78 Å². The molecular formula is C18H15ClF2N2O2. The van der Waals surface area contributed by atoms with Crippen LogP contribution < -0.4 is 0 Å². The largest absolute Gasteiger partial charge is 0.335 e. The highest BCUT2D eigenvalue weighted by Gasteiger charge is 2.26. The summed E-state index contributed by atoms with van der Waals surface area (Å²) in [5.41, 5.74) is 0.585. The number of amides is 2. The molecule has 130 valence electrons. The van der Waals surface area contributed by atoms with E-state index in [1.54, 1.807) is 29.2 Å². The van der Waals surface area contributed by atoms with Crippen LogP contribution in [0.5, 0.6) is 0 Å². The van der Waals surface area contributed by atoms with Gasteiger partial charge in [0.15, 0.2) is 11.6 Å². The number of carbonyl (C=O) groups is 2. The minimum Gasteiger partial charge on any atom is -0.335 e. The quantitative estimate of drug-likeness (QED) is 0.821. The van der Waals surface area contributed by atoms with E-state index in [1.165, 1.54) is 11.0 Å². The molecule has 7 heteroatoms. The Labute approximate surface area is 148 Å². The fourth-order valence-electron chi connectivity index (χ4n) is 2.73. The third-order valence-electron chi connectivity index (χ3n) is 4.09. The van der Waals surface area contributed by atoms with Crippen molar-refractivity contribution in [2.45, 2.75) is 0 Å². The molecule has 2 aromatic carbocycles. The second-order valence-electron chi connectivity index (χ2n) is 5.72. The molecule has 0 aliphatic carbocycles. The summed E-state index contributed by atoms with van der Waals surface area (Å²) in [6.07, 6.45) is 0.